The SMILES string of the molecule is CCOP(=O)(Cc1noc(-c2cncc(C)c2)n1)OCC. The van der Waals surface area contributed by atoms with Crippen LogP contribution >= 0.6 is 7.60 Å². The maximum atomic E-state index is 12.4. The summed E-state index contributed by atoms with van der Waals surface area (Å²) in [5.74, 6) is 0.623. The molecule has 2 rings (SSSR count). The molecule has 0 aromatic carbocycles. The summed E-state index contributed by atoms with van der Waals surface area (Å²) in [7, 11) is -3.23. The summed E-state index contributed by atoms with van der Waals surface area (Å²) in [4.78, 5) is 8.29. The Morgan fingerprint density at radius 2 is 1.95 bits per heavy atom. The summed E-state index contributed by atoms with van der Waals surface area (Å²) in [5.41, 5.74) is 1.71. The molecule has 2 aromatic heterocycles. The molecule has 0 bridgehead atoms. The van der Waals surface area contributed by atoms with Gasteiger partial charge >= 0.3 is 7.60 Å². The molecule has 0 fully saturated rings. The topological polar surface area (TPSA) is 87.3 Å². The van der Waals surface area contributed by atoms with Crippen molar-refractivity contribution >= 4 is 7.60 Å². The molecule has 0 saturated heterocycles. The van der Waals surface area contributed by atoms with Crippen LogP contribution in [0.1, 0.15) is 25.2 Å². The molecular formula is C13H18N3O4P. The first-order chi connectivity index (χ1) is 10.1. The predicted octanol–water partition coefficient (Wildman–Crippen LogP) is 3.21. The highest BCUT2D eigenvalue weighted by molar-refractivity contribution is 7.53. The molecule has 0 aliphatic carbocycles. The van der Waals surface area contributed by atoms with Crippen LogP contribution in [0.5, 0.6) is 0 Å². The highest BCUT2D eigenvalue weighted by atomic mass is 31.2. The van der Waals surface area contributed by atoms with E-state index in [0.29, 0.717) is 19.1 Å². The van der Waals surface area contributed by atoms with Crippen LogP contribution in [0.15, 0.2) is 23.0 Å². The summed E-state index contributed by atoms with van der Waals surface area (Å²) in [5, 5.41) is 3.83. The summed E-state index contributed by atoms with van der Waals surface area (Å²) in [6.07, 6.45) is 3.35. The highest BCUT2D eigenvalue weighted by Gasteiger charge is 2.27. The molecule has 21 heavy (non-hydrogen) atoms. The van der Waals surface area contributed by atoms with Gasteiger partial charge in [0.2, 0.25) is 0 Å². The van der Waals surface area contributed by atoms with Crippen LogP contribution in [0.3, 0.4) is 0 Å². The molecule has 2 heterocycles. The van der Waals surface area contributed by atoms with Crippen molar-refractivity contribution in [2.45, 2.75) is 26.9 Å². The lowest BCUT2D eigenvalue weighted by atomic mass is 10.2. The second-order valence-corrected chi connectivity index (χ2v) is 6.43. The van der Waals surface area contributed by atoms with Crippen molar-refractivity contribution in [2.24, 2.45) is 0 Å². The van der Waals surface area contributed by atoms with Gasteiger partial charge in [0.05, 0.1) is 18.8 Å². The molecule has 2 aromatic rings. The van der Waals surface area contributed by atoms with E-state index in [2.05, 4.69) is 15.1 Å². The van der Waals surface area contributed by atoms with Crippen LogP contribution in [-0.2, 0) is 19.8 Å². The van der Waals surface area contributed by atoms with Crippen LogP contribution in [0, 0.1) is 6.92 Å². The van der Waals surface area contributed by atoms with Gasteiger partial charge in [0, 0.05) is 12.4 Å². The third kappa shape index (κ3) is 4.20. The Morgan fingerprint density at radius 3 is 2.57 bits per heavy atom. The van der Waals surface area contributed by atoms with E-state index in [1.54, 1.807) is 26.2 Å². The van der Waals surface area contributed by atoms with E-state index in [0.717, 1.165) is 11.1 Å². The molecule has 0 spiro atoms. The maximum Gasteiger partial charge on any atom is 0.338 e. The fraction of sp³-hybridized carbons (Fsp3) is 0.462. The zero-order chi connectivity index (χ0) is 15.3. The van der Waals surface area contributed by atoms with Gasteiger partial charge in [-0.2, -0.15) is 4.98 Å². The monoisotopic (exact) mass is 311 g/mol. The van der Waals surface area contributed by atoms with E-state index in [-0.39, 0.29) is 12.0 Å². The van der Waals surface area contributed by atoms with E-state index in [1.807, 2.05) is 13.0 Å². The number of hydrogen-bond donors (Lipinski definition) is 0. The Labute approximate surface area is 123 Å². The normalized spacial score (nSPS) is 11.8. The predicted molar refractivity (Wildman–Crippen MR) is 76.8 cm³/mol. The Hall–Kier alpha value is -1.56. The quantitative estimate of drug-likeness (QED) is 0.725. The number of aryl methyl sites for hydroxylation is 1. The molecule has 0 aliphatic heterocycles. The largest absolute Gasteiger partial charge is 0.338 e. The first kappa shape index (κ1) is 15.8. The number of pyridine rings is 1. The third-order valence-corrected chi connectivity index (χ3v) is 4.55. The molecule has 0 N–H and O–H groups in total. The number of hydrogen-bond acceptors (Lipinski definition) is 7. The minimum Gasteiger partial charge on any atom is -0.334 e. The lowest BCUT2D eigenvalue weighted by Gasteiger charge is -2.14. The maximum absolute atomic E-state index is 12.4. The van der Waals surface area contributed by atoms with Gasteiger partial charge in [-0.1, -0.05) is 5.16 Å². The van der Waals surface area contributed by atoms with Crippen molar-refractivity contribution in [3.05, 3.63) is 29.8 Å². The zero-order valence-electron chi connectivity index (χ0n) is 12.3. The van der Waals surface area contributed by atoms with Crippen molar-refractivity contribution in [3.8, 4) is 11.5 Å². The van der Waals surface area contributed by atoms with Gasteiger partial charge in [-0.05, 0) is 32.4 Å². The fourth-order valence-corrected chi connectivity index (χ4v) is 3.32. The number of aromatic nitrogens is 3. The minimum atomic E-state index is -3.23. The summed E-state index contributed by atoms with van der Waals surface area (Å²) < 4.78 is 28.0. The Balaban J connectivity index is 2.18. The third-order valence-electron chi connectivity index (χ3n) is 2.58. The number of rotatable bonds is 7. The van der Waals surface area contributed by atoms with E-state index >= 15 is 0 Å². The first-order valence-corrected chi connectivity index (χ1v) is 8.42. The van der Waals surface area contributed by atoms with Crippen LogP contribution in [0.4, 0.5) is 0 Å². The van der Waals surface area contributed by atoms with Gasteiger partial charge in [-0.25, -0.2) is 0 Å². The van der Waals surface area contributed by atoms with Crippen molar-refractivity contribution < 1.29 is 18.1 Å². The molecule has 0 radical (unpaired) electrons. The lowest BCUT2D eigenvalue weighted by molar-refractivity contribution is 0.218. The minimum absolute atomic E-state index is 0.0164. The number of nitrogens with zero attached hydrogens (tertiary/aromatic N) is 3. The van der Waals surface area contributed by atoms with Gasteiger partial charge < -0.3 is 13.6 Å². The molecule has 0 aliphatic rings. The molecule has 8 heteroatoms. The van der Waals surface area contributed by atoms with Crippen molar-refractivity contribution in [1.82, 2.24) is 15.1 Å². The standard InChI is InChI=1S/C13H18N3O4P/c1-4-18-21(17,19-5-2)9-12-15-13(20-16-12)11-6-10(3)7-14-8-11/h6-8H,4-5,9H2,1-3H3. The van der Waals surface area contributed by atoms with Crippen molar-refractivity contribution in [2.75, 3.05) is 13.2 Å². The van der Waals surface area contributed by atoms with Crippen LogP contribution in [-0.4, -0.2) is 28.3 Å². The fourth-order valence-electron chi connectivity index (χ4n) is 1.80. The second kappa shape index (κ2) is 6.93. The van der Waals surface area contributed by atoms with Gasteiger partial charge in [0.25, 0.3) is 5.89 Å². The van der Waals surface area contributed by atoms with E-state index < -0.39 is 7.60 Å². The molecular weight excluding hydrogens is 293 g/mol. The Kier molecular flexibility index (Phi) is 5.22. The molecule has 0 amide bonds. The zero-order valence-corrected chi connectivity index (χ0v) is 13.2. The molecule has 0 unspecified atom stereocenters. The Morgan fingerprint density at radius 1 is 1.24 bits per heavy atom. The second-order valence-electron chi connectivity index (χ2n) is 4.37. The van der Waals surface area contributed by atoms with Crippen LogP contribution in [0.2, 0.25) is 0 Å². The lowest BCUT2D eigenvalue weighted by Crippen LogP contribution is -2.00. The summed E-state index contributed by atoms with van der Waals surface area (Å²) in [6, 6.07) is 1.88. The van der Waals surface area contributed by atoms with Crippen molar-refractivity contribution in [1.29, 1.82) is 0 Å². The smallest absolute Gasteiger partial charge is 0.334 e. The van der Waals surface area contributed by atoms with E-state index in [9.17, 15) is 4.57 Å². The average Bonchev–Trinajstić information content (AvgIpc) is 2.87. The van der Waals surface area contributed by atoms with Crippen molar-refractivity contribution in [3.63, 3.8) is 0 Å². The average molecular weight is 311 g/mol. The Bertz CT molecular complexity index is 634. The molecule has 0 saturated carbocycles. The van der Waals surface area contributed by atoms with Crippen LogP contribution in [0.25, 0.3) is 11.5 Å². The van der Waals surface area contributed by atoms with Gasteiger partial charge in [-0.3, -0.25) is 9.55 Å². The van der Waals surface area contributed by atoms with Gasteiger partial charge in [0.15, 0.2) is 5.82 Å². The first-order valence-electron chi connectivity index (χ1n) is 6.69. The highest BCUT2D eigenvalue weighted by Crippen LogP contribution is 2.50. The van der Waals surface area contributed by atoms with Crippen LogP contribution < -0.4 is 0 Å². The summed E-state index contributed by atoms with van der Waals surface area (Å²) >= 11 is 0. The van der Waals surface area contributed by atoms with Gasteiger partial charge in [-0.15, -0.1) is 0 Å². The van der Waals surface area contributed by atoms with Gasteiger partial charge in [0.1, 0.15) is 6.16 Å². The van der Waals surface area contributed by atoms with E-state index in [4.69, 9.17) is 13.6 Å². The molecule has 114 valence electrons. The summed E-state index contributed by atoms with van der Waals surface area (Å²) in [6.45, 7) is 6.03. The molecule has 7 nitrogen and oxygen atoms in total. The van der Waals surface area contributed by atoms with E-state index in [1.165, 1.54) is 0 Å². The molecule has 0 atom stereocenters.